The summed E-state index contributed by atoms with van der Waals surface area (Å²) in [5.41, 5.74) is 1.46. The molecule has 0 amide bonds. The largest absolute Gasteiger partial charge is 0.381 e. The van der Waals surface area contributed by atoms with Crippen LogP contribution >= 0.6 is 15.9 Å². The van der Waals surface area contributed by atoms with E-state index in [0.717, 1.165) is 43.8 Å². The number of hydrogen-bond acceptors (Lipinski definition) is 2. The molecule has 3 rings (SSSR count). The van der Waals surface area contributed by atoms with Gasteiger partial charge in [-0.25, -0.2) is 4.98 Å². The quantitative estimate of drug-likeness (QED) is 0.796. The van der Waals surface area contributed by atoms with E-state index in [-0.39, 0.29) is 5.41 Å². The summed E-state index contributed by atoms with van der Waals surface area (Å²) in [7, 11) is 0. The lowest BCUT2D eigenvalue weighted by Crippen LogP contribution is -2.35. The van der Waals surface area contributed by atoms with Crippen LogP contribution in [0.3, 0.4) is 0 Å². The first-order valence-corrected chi connectivity index (χ1v) is 8.15. The molecule has 1 aliphatic heterocycles. The Morgan fingerprint density at radius 2 is 1.95 bits per heavy atom. The molecule has 4 heteroatoms. The SMILES string of the molecule is BrCC1(Cn2ccnc2-c2ccccc2)CCOCC1. The van der Waals surface area contributed by atoms with Crippen LogP contribution in [-0.4, -0.2) is 28.1 Å². The van der Waals surface area contributed by atoms with E-state index in [9.17, 15) is 0 Å². The van der Waals surface area contributed by atoms with Gasteiger partial charge in [0.15, 0.2) is 0 Å². The number of alkyl halides is 1. The molecule has 1 fully saturated rings. The van der Waals surface area contributed by atoms with Gasteiger partial charge in [-0.05, 0) is 12.8 Å². The molecule has 20 heavy (non-hydrogen) atoms. The minimum atomic E-state index is 0.280. The van der Waals surface area contributed by atoms with Gasteiger partial charge in [0, 0.05) is 48.5 Å². The minimum absolute atomic E-state index is 0.280. The number of rotatable bonds is 4. The maximum absolute atomic E-state index is 5.51. The highest BCUT2D eigenvalue weighted by molar-refractivity contribution is 9.09. The first-order chi connectivity index (χ1) is 9.83. The fourth-order valence-corrected chi connectivity index (χ4v) is 3.52. The number of hydrogen-bond donors (Lipinski definition) is 0. The molecule has 1 saturated heterocycles. The summed E-state index contributed by atoms with van der Waals surface area (Å²) in [6, 6.07) is 10.4. The normalized spacial score (nSPS) is 18.1. The summed E-state index contributed by atoms with van der Waals surface area (Å²) in [5.74, 6) is 1.05. The van der Waals surface area contributed by atoms with Crippen LogP contribution in [0, 0.1) is 5.41 Å². The molecule has 0 spiro atoms. The Morgan fingerprint density at radius 1 is 1.20 bits per heavy atom. The summed E-state index contributed by atoms with van der Waals surface area (Å²) < 4.78 is 7.79. The Hall–Kier alpha value is -1.13. The molecular weight excluding hydrogens is 316 g/mol. The van der Waals surface area contributed by atoms with Crippen molar-refractivity contribution >= 4 is 15.9 Å². The summed E-state index contributed by atoms with van der Waals surface area (Å²) in [6.07, 6.45) is 6.18. The first kappa shape index (κ1) is 13.8. The van der Waals surface area contributed by atoms with E-state index in [1.54, 1.807) is 0 Å². The average molecular weight is 335 g/mol. The third-order valence-electron chi connectivity index (χ3n) is 4.09. The Bertz CT molecular complexity index is 547. The second-order valence-corrected chi connectivity index (χ2v) is 6.05. The molecule has 3 nitrogen and oxygen atoms in total. The number of imidazole rings is 1. The van der Waals surface area contributed by atoms with E-state index < -0.39 is 0 Å². The molecule has 0 unspecified atom stereocenters. The molecule has 1 aromatic heterocycles. The van der Waals surface area contributed by atoms with Crippen LogP contribution in [0.1, 0.15) is 12.8 Å². The van der Waals surface area contributed by atoms with Crippen LogP contribution in [0.25, 0.3) is 11.4 Å². The molecule has 0 N–H and O–H groups in total. The third kappa shape index (κ3) is 2.81. The lowest BCUT2D eigenvalue weighted by Gasteiger charge is -2.36. The van der Waals surface area contributed by atoms with Crippen LogP contribution in [0.15, 0.2) is 42.7 Å². The van der Waals surface area contributed by atoms with Crippen molar-refractivity contribution in [1.29, 1.82) is 0 Å². The first-order valence-electron chi connectivity index (χ1n) is 7.03. The molecule has 2 aromatic rings. The summed E-state index contributed by atoms with van der Waals surface area (Å²) in [6.45, 7) is 2.72. The number of nitrogens with zero attached hydrogens (tertiary/aromatic N) is 2. The van der Waals surface area contributed by atoms with Gasteiger partial charge in [-0.15, -0.1) is 0 Å². The van der Waals surface area contributed by atoms with Gasteiger partial charge in [0.25, 0.3) is 0 Å². The standard InChI is InChI=1S/C16H19BrN2O/c17-12-16(6-10-20-11-7-16)13-19-9-8-18-15(19)14-4-2-1-3-5-14/h1-5,8-9H,6-7,10-13H2. The van der Waals surface area contributed by atoms with Crippen molar-refractivity contribution in [3.05, 3.63) is 42.7 Å². The highest BCUT2D eigenvalue weighted by atomic mass is 79.9. The maximum Gasteiger partial charge on any atom is 0.139 e. The number of benzene rings is 1. The maximum atomic E-state index is 5.51. The van der Waals surface area contributed by atoms with Crippen molar-refractivity contribution < 1.29 is 4.74 Å². The topological polar surface area (TPSA) is 27.1 Å². The molecule has 106 valence electrons. The van der Waals surface area contributed by atoms with E-state index in [2.05, 4.69) is 55.9 Å². The van der Waals surface area contributed by atoms with E-state index in [1.165, 1.54) is 5.56 Å². The van der Waals surface area contributed by atoms with E-state index in [4.69, 9.17) is 4.74 Å². The zero-order valence-corrected chi connectivity index (χ0v) is 13.1. The van der Waals surface area contributed by atoms with Gasteiger partial charge in [0.05, 0.1) is 0 Å². The predicted octanol–water partition coefficient (Wildman–Crippen LogP) is 3.74. The molecule has 0 aliphatic carbocycles. The third-order valence-corrected chi connectivity index (χ3v) is 5.28. The Kier molecular flexibility index (Phi) is 4.22. The Labute approximate surface area is 128 Å². The van der Waals surface area contributed by atoms with Crippen molar-refractivity contribution in [2.24, 2.45) is 5.41 Å². The minimum Gasteiger partial charge on any atom is -0.381 e. The number of ether oxygens (including phenoxy) is 1. The van der Waals surface area contributed by atoms with Crippen LogP contribution in [0.5, 0.6) is 0 Å². The lowest BCUT2D eigenvalue weighted by molar-refractivity contribution is 0.0188. The van der Waals surface area contributed by atoms with Gasteiger partial charge in [-0.1, -0.05) is 46.3 Å². The molecule has 2 heterocycles. The highest BCUT2D eigenvalue weighted by Gasteiger charge is 2.32. The zero-order valence-electron chi connectivity index (χ0n) is 11.5. The molecule has 1 aromatic carbocycles. The van der Waals surface area contributed by atoms with Crippen molar-refractivity contribution in [3.8, 4) is 11.4 Å². The number of halogens is 1. The summed E-state index contributed by atoms with van der Waals surface area (Å²) in [4.78, 5) is 4.53. The second kappa shape index (κ2) is 6.10. The zero-order chi connectivity index (χ0) is 13.8. The Balaban J connectivity index is 1.86. The fourth-order valence-electron chi connectivity index (χ4n) is 2.78. The summed E-state index contributed by atoms with van der Waals surface area (Å²) in [5, 5.41) is 1.01. The fraction of sp³-hybridized carbons (Fsp3) is 0.438. The van der Waals surface area contributed by atoms with Crippen LogP contribution in [-0.2, 0) is 11.3 Å². The van der Waals surface area contributed by atoms with Gasteiger partial charge in [-0.2, -0.15) is 0 Å². The average Bonchev–Trinajstić information content (AvgIpc) is 2.97. The Morgan fingerprint density at radius 3 is 2.65 bits per heavy atom. The van der Waals surface area contributed by atoms with Crippen molar-refractivity contribution in [1.82, 2.24) is 9.55 Å². The van der Waals surface area contributed by atoms with Crippen molar-refractivity contribution in [2.75, 3.05) is 18.5 Å². The van der Waals surface area contributed by atoms with E-state index >= 15 is 0 Å². The van der Waals surface area contributed by atoms with Crippen molar-refractivity contribution in [3.63, 3.8) is 0 Å². The lowest BCUT2D eigenvalue weighted by atomic mass is 9.82. The van der Waals surface area contributed by atoms with Gasteiger partial charge in [0.1, 0.15) is 5.82 Å². The highest BCUT2D eigenvalue weighted by Crippen LogP contribution is 2.35. The smallest absolute Gasteiger partial charge is 0.139 e. The van der Waals surface area contributed by atoms with Crippen LogP contribution < -0.4 is 0 Å². The van der Waals surface area contributed by atoms with Gasteiger partial charge < -0.3 is 9.30 Å². The van der Waals surface area contributed by atoms with Gasteiger partial charge in [0.2, 0.25) is 0 Å². The molecule has 0 saturated carbocycles. The molecule has 0 radical (unpaired) electrons. The number of aromatic nitrogens is 2. The molecule has 1 aliphatic rings. The second-order valence-electron chi connectivity index (χ2n) is 5.49. The van der Waals surface area contributed by atoms with Crippen LogP contribution in [0.2, 0.25) is 0 Å². The monoisotopic (exact) mass is 334 g/mol. The van der Waals surface area contributed by atoms with Crippen molar-refractivity contribution in [2.45, 2.75) is 19.4 Å². The molecular formula is C16H19BrN2O. The van der Waals surface area contributed by atoms with Gasteiger partial charge in [-0.3, -0.25) is 0 Å². The summed E-state index contributed by atoms with van der Waals surface area (Å²) >= 11 is 3.71. The predicted molar refractivity (Wildman–Crippen MR) is 83.9 cm³/mol. The van der Waals surface area contributed by atoms with E-state index in [1.807, 2.05) is 12.3 Å². The van der Waals surface area contributed by atoms with Gasteiger partial charge >= 0.3 is 0 Å². The molecule has 0 bridgehead atoms. The molecule has 0 atom stereocenters. The van der Waals surface area contributed by atoms with E-state index in [0.29, 0.717) is 0 Å². The van der Waals surface area contributed by atoms with Crippen LogP contribution in [0.4, 0.5) is 0 Å².